The van der Waals surface area contributed by atoms with Gasteiger partial charge >= 0.3 is 0 Å². The third kappa shape index (κ3) is 8.70. The Morgan fingerprint density at radius 3 is 2.33 bits per heavy atom. The molecule has 0 spiro atoms. The Kier molecular flexibility index (Phi) is 14.7. The van der Waals surface area contributed by atoms with Gasteiger partial charge in [-0.05, 0) is 98.0 Å². The van der Waals surface area contributed by atoms with Crippen molar-refractivity contribution in [3.63, 3.8) is 0 Å². The SMILES string of the molecule is CC.CC.CCCN(CC(=O)N1CCNCC1)C(=O)c1ccc2ccccc2n1.C[C@H]1C[C@@]2(C)C(CC[C@@H]3C2CC[C@@]2(C)C3CC[C@@H]2O)CC1=O. The largest absolute Gasteiger partial charge is 0.393 e. The minimum Gasteiger partial charge on any atom is -0.393 e. The normalized spacial score (nSPS) is 32.3. The molecular weight excluding hydrogens is 636 g/mol. The maximum Gasteiger partial charge on any atom is 0.272 e. The summed E-state index contributed by atoms with van der Waals surface area (Å²) in [6.07, 6.45) is 9.96. The van der Waals surface area contributed by atoms with Crippen LogP contribution in [0.3, 0.4) is 0 Å². The molecule has 5 fully saturated rings. The van der Waals surface area contributed by atoms with Crippen LogP contribution in [0.5, 0.6) is 0 Å². The van der Waals surface area contributed by atoms with Gasteiger partial charge in [-0.15, -0.1) is 0 Å². The van der Waals surface area contributed by atoms with Crippen molar-refractivity contribution in [2.75, 3.05) is 39.3 Å². The molecule has 7 rings (SSSR count). The highest BCUT2D eigenvalue weighted by Crippen LogP contribution is 2.66. The van der Waals surface area contributed by atoms with Crippen LogP contribution in [0, 0.1) is 40.4 Å². The van der Waals surface area contributed by atoms with E-state index in [-0.39, 0.29) is 35.8 Å². The summed E-state index contributed by atoms with van der Waals surface area (Å²) >= 11 is 0. The minimum atomic E-state index is -0.184. The first-order valence-electron chi connectivity index (χ1n) is 20.4. The molecule has 51 heavy (non-hydrogen) atoms. The Hall–Kier alpha value is -2.84. The summed E-state index contributed by atoms with van der Waals surface area (Å²) in [5, 5.41) is 14.7. The lowest BCUT2D eigenvalue weighted by atomic mass is 9.44. The van der Waals surface area contributed by atoms with Crippen molar-refractivity contribution in [2.24, 2.45) is 40.4 Å². The van der Waals surface area contributed by atoms with Crippen LogP contribution in [-0.4, -0.2) is 82.9 Å². The molecule has 1 aliphatic heterocycles. The van der Waals surface area contributed by atoms with E-state index in [0.29, 0.717) is 42.4 Å². The van der Waals surface area contributed by atoms with E-state index in [4.69, 9.17) is 0 Å². The summed E-state index contributed by atoms with van der Waals surface area (Å²) in [6, 6.07) is 11.3. The first-order valence-corrected chi connectivity index (χ1v) is 20.4. The van der Waals surface area contributed by atoms with E-state index >= 15 is 0 Å². The monoisotopic (exact) mass is 705 g/mol. The number of carbonyl (C=O) groups is 3. The Labute approximate surface area is 308 Å². The number of benzene rings is 1. The number of pyridine rings is 1. The van der Waals surface area contributed by atoms with E-state index < -0.39 is 0 Å². The van der Waals surface area contributed by atoms with Crippen LogP contribution in [0.4, 0.5) is 0 Å². The molecule has 4 aliphatic carbocycles. The standard InChI is InChI=1S/C20H32O2.C19H24N4O2.2C2H6/c1-12-11-20(3)13(10-17(12)21)4-5-14-15-6-7-18(22)19(15,2)9-8-16(14)20;1-2-11-23(14-18(24)22-12-9-20-10-13-22)19(25)17-8-7-15-5-3-4-6-16(15)21-17;2*1-2/h12-16,18,22H,4-11H2,1-3H3;3-8,20H,2,9-14H2,1H3;2*1-2H3/t12-,13?,14-,15?,16?,18-,19-,20-;;;/m0.../s1. The first kappa shape index (κ1) is 40.9. The van der Waals surface area contributed by atoms with Gasteiger partial charge in [0.25, 0.3) is 5.91 Å². The fourth-order valence-electron chi connectivity index (χ4n) is 10.4. The number of amides is 2. The van der Waals surface area contributed by atoms with Crippen LogP contribution < -0.4 is 5.32 Å². The molecule has 8 heteroatoms. The number of ketones is 1. The lowest BCUT2D eigenvalue weighted by molar-refractivity contribution is -0.148. The number of Topliss-reactive ketones (excluding diaryl/α,β-unsaturated/α-hetero) is 1. The number of rotatable bonds is 5. The van der Waals surface area contributed by atoms with E-state index in [1.807, 2.05) is 69.9 Å². The fourth-order valence-corrected chi connectivity index (χ4v) is 10.4. The van der Waals surface area contributed by atoms with Gasteiger partial charge in [-0.25, -0.2) is 4.98 Å². The third-order valence-corrected chi connectivity index (χ3v) is 13.2. The third-order valence-electron chi connectivity index (χ3n) is 13.2. The highest BCUT2D eigenvalue weighted by Gasteiger charge is 2.60. The van der Waals surface area contributed by atoms with Gasteiger partial charge in [0.2, 0.25) is 5.91 Å². The van der Waals surface area contributed by atoms with Crippen LogP contribution in [-0.2, 0) is 9.59 Å². The van der Waals surface area contributed by atoms with Crippen LogP contribution >= 0.6 is 0 Å². The number of carbonyl (C=O) groups excluding carboxylic acids is 3. The van der Waals surface area contributed by atoms with E-state index in [1.54, 1.807) is 11.0 Å². The zero-order valence-corrected chi connectivity index (χ0v) is 33.0. The number of nitrogens with one attached hydrogen (secondary N) is 1. The predicted molar refractivity (Wildman–Crippen MR) is 207 cm³/mol. The molecular formula is C43H68N4O4. The molecule has 3 unspecified atom stereocenters. The molecule has 284 valence electrons. The van der Waals surface area contributed by atoms with Crippen LogP contribution in [0.2, 0.25) is 0 Å². The van der Waals surface area contributed by atoms with E-state index in [2.05, 4.69) is 31.1 Å². The highest BCUT2D eigenvalue weighted by molar-refractivity contribution is 5.97. The van der Waals surface area contributed by atoms with Crippen LogP contribution in [0.1, 0.15) is 124 Å². The number of piperazine rings is 1. The van der Waals surface area contributed by atoms with Gasteiger partial charge in [0.05, 0.1) is 11.6 Å². The van der Waals surface area contributed by atoms with Crippen LogP contribution in [0.15, 0.2) is 36.4 Å². The summed E-state index contributed by atoms with van der Waals surface area (Å²) in [5.41, 5.74) is 1.74. The molecule has 2 aromatic rings. The number of aromatic nitrogens is 1. The summed E-state index contributed by atoms with van der Waals surface area (Å²) in [5.74, 6) is 3.56. The van der Waals surface area contributed by atoms with Gasteiger partial charge in [-0.1, -0.05) is 79.7 Å². The van der Waals surface area contributed by atoms with Crippen molar-refractivity contribution in [3.05, 3.63) is 42.1 Å². The Balaban J connectivity index is 0.000000210. The predicted octanol–water partition coefficient (Wildman–Crippen LogP) is 7.78. The summed E-state index contributed by atoms with van der Waals surface area (Å²) in [4.78, 5) is 45.5. The van der Waals surface area contributed by atoms with Crippen molar-refractivity contribution in [1.29, 1.82) is 0 Å². The number of fused-ring (bicyclic) bond motifs is 6. The lowest BCUT2D eigenvalue weighted by Crippen LogP contribution is -2.55. The number of hydrogen-bond acceptors (Lipinski definition) is 6. The van der Waals surface area contributed by atoms with Gasteiger partial charge in [0.1, 0.15) is 18.0 Å². The fraction of sp³-hybridized carbons (Fsp3) is 0.721. The molecule has 8 atom stereocenters. The lowest BCUT2D eigenvalue weighted by Gasteiger charge is -2.60. The molecule has 2 N–H and O–H groups in total. The second kappa shape index (κ2) is 18.3. The molecule has 1 aromatic heterocycles. The Morgan fingerprint density at radius 2 is 1.63 bits per heavy atom. The molecule has 0 radical (unpaired) electrons. The average Bonchev–Trinajstić information content (AvgIpc) is 3.47. The molecule has 8 nitrogen and oxygen atoms in total. The first-order chi connectivity index (χ1) is 24.5. The average molecular weight is 705 g/mol. The molecule has 0 bridgehead atoms. The van der Waals surface area contributed by atoms with Crippen molar-refractivity contribution >= 4 is 28.5 Å². The Bertz CT molecular complexity index is 1460. The van der Waals surface area contributed by atoms with Crippen molar-refractivity contribution in [3.8, 4) is 0 Å². The number of nitrogens with zero attached hydrogens (tertiary/aromatic N) is 3. The summed E-state index contributed by atoms with van der Waals surface area (Å²) < 4.78 is 0. The molecule has 1 saturated heterocycles. The number of aliphatic hydroxyl groups is 1. The number of para-hydroxylation sites is 1. The number of hydrogen-bond donors (Lipinski definition) is 2. The maximum absolute atomic E-state index is 12.9. The topological polar surface area (TPSA) is 103 Å². The van der Waals surface area contributed by atoms with Crippen LogP contribution in [0.25, 0.3) is 10.9 Å². The molecule has 2 amide bonds. The molecule has 5 aliphatic rings. The van der Waals surface area contributed by atoms with Gasteiger partial charge in [0, 0.05) is 50.4 Å². The maximum atomic E-state index is 12.9. The van der Waals surface area contributed by atoms with E-state index in [9.17, 15) is 19.5 Å². The van der Waals surface area contributed by atoms with Gasteiger partial charge in [-0.2, -0.15) is 0 Å². The van der Waals surface area contributed by atoms with Gasteiger partial charge < -0.3 is 20.2 Å². The summed E-state index contributed by atoms with van der Waals surface area (Å²) in [6.45, 7) is 20.7. The highest BCUT2D eigenvalue weighted by atomic mass is 16.3. The van der Waals surface area contributed by atoms with Gasteiger partial charge in [-0.3, -0.25) is 14.4 Å². The zero-order chi connectivity index (χ0) is 37.3. The van der Waals surface area contributed by atoms with Crippen molar-refractivity contribution in [2.45, 2.75) is 119 Å². The van der Waals surface area contributed by atoms with E-state index in [1.165, 1.54) is 32.1 Å². The Morgan fingerprint density at radius 1 is 0.941 bits per heavy atom. The number of aliphatic hydroxyl groups excluding tert-OH is 1. The zero-order valence-electron chi connectivity index (χ0n) is 33.0. The molecule has 1 aromatic carbocycles. The quantitative estimate of drug-likeness (QED) is 0.330. The molecule has 2 heterocycles. The summed E-state index contributed by atoms with van der Waals surface area (Å²) in [7, 11) is 0. The van der Waals surface area contributed by atoms with Gasteiger partial charge in [0.15, 0.2) is 0 Å². The minimum absolute atomic E-state index is 0.00379. The second-order valence-electron chi connectivity index (χ2n) is 15.8. The smallest absolute Gasteiger partial charge is 0.272 e. The second-order valence-corrected chi connectivity index (χ2v) is 15.8. The van der Waals surface area contributed by atoms with E-state index in [0.717, 1.165) is 67.4 Å². The van der Waals surface area contributed by atoms with Crippen molar-refractivity contribution in [1.82, 2.24) is 20.1 Å². The molecule has 4 saturated carbocycles. The van der Waals surface area contributed by atoms with Crippen molar-refractivity contribution < 1.29 is 19.5 Å².